The third kappa shape index (κ3) is 3.77. The van der Waals surface area contributed by atoms with E-state index >= 15 is 0 Å². The van der Waals surface area contributed by atoms with Crippen LogP contribution in [0.2, 0.25) is 0 Å². The van der Waals surface area contributed by atoms with Gasteiger partial charge in [-0.2, -0.15) is 0 Å². The van der Waals surface area contributed by atoms with E-state index in [-0.39, 0.29) is 12.2 Å². The van der Waals surface area contributed by atoms with Gasteiger partial charge in [0.1, 0.15) is 18.3 Å². The molecule has 0 bridgehead atoms. The van der Waals surface area contributed by atoms with Crippen LogP contribution in [-0.4, -0.2) is 48.6 Å². The fraction of sp³-hybridized carbons (Fsp3) is 0.714. The van der Waals surface area contributed by atoms with Crippen molar-refractivity contribution in [1.82, 2.24) is 24.5 Å². The summed E-state index contributed by atoms with van der Waals surface area (Å²) in [7, 11) is 0. The fourth-order valence-electron chi connectivity index (χ4n) is 4.90. The Balaban J connectivity index is 1.46. The van der Waals surface area contributed by atoms with E-state index in [4.69, 9.17) is 14.2 Å². The number of aromatic amines is 1. The molecule has 5 rings (SSSR count). The lowest BCUT2D eigenvalue weighted by Gasteiger charge is -2.25. The SMILES string of the molecule is Cc1cn([C@@H]2O[C@H](Cn3nnc4c3CCCCCC4)[C@H]3OC(C)(C)O[C@H]32)c(=O)[nH]c1=O. The molecular weight excluding hydrogens is 402 g/mol. The van der Waals surface area contributed by atoms with E-state index in [0.29, 0.717) is 12.1 Å². The lowest BCUT2D eigenvalue weighted by Crippen LogP contribution is -2.38. The maximum atomic E-state index is 12.5. The fourth-order valence-corrected chi connectivity index (χ4v) is 4.90. The van der Waals surface area contributed by atoms with Crippen molar-refractivity contribution >= 4 is 0 Å². The second-order valence-electron chi connectivity index (χ2n) is 9.19. The Morgan fingerprint density at radius 1 is 1.13 bits per heavy atom. The zero-order chi connectivity index (χ0) is 21.8. The number of fused-ring (bicyclic) bond motifs is 2. The minimum atomic E-state index is -0.798. The zero-order valence-corrected chi connectivity index (χ0v) is 18.2. The summed E-state index contributed by atoms with van der Waals surface area (Å²) in [5.41, 5.74) is 1.73. The number of aromatic nitrogens is 5. The van der Waals surface area contributed by atoms with Gasteiger partial charge in [0.05, 0.1) is 17.9 Å². The minimum absolute atomic E-state index is 0.368. The van der Waals surface area contributed by atoms with Crippen LogP contribution in [0.3, 0.4) is 0 Å². The first-order valence-electron chi connectivity index (χ1n) is 11.1. The number of nitrogens with zero attached hydrogens (tertiary/aromatic N) is 4. The lowest BCUT2D eigenvalue weighted by molar-refractivity contribution is -0.198. The quantitative estimate of drug-likeness (QED) is 0.777. The Labute approximate surface area is 179 Å². The summed E-state index contributed by atoms with van der Waals surface area (Å²) in [6.07, 6.45) is 6.22. The highest BCUT2D eigenvalue weighted by Gasteiger charge is 2.56. The van der Waals surface area contributed by atoms with Gasteiger partial charge >= 0.3 is 5.69 Å². The molecule has 1 N–H and O–H groups in total. The van der Waals surface area contributed by atoms with Crippen molar-refractivity contribution in [3.63, 3.8) is 0 Å². The van der Waals surface area contributed by atoms with Gasteiger partial charge in [-0.15, -0.1) is 5.10 Å². The molecular formula is C21H29N5O5. The van der Waals surface area contributed by atoms with E-state index in [1.54, 1.807) is 6.92 Å². The molecule has 4 heterocycles. The van der Waals surface area contributed by atoms with Crippen LogP contribution in [0.25, 0.3) is 0 Å². The van der Waals surface area contributed by atoms with Crippen LogP contribution in [0.1, 0.15) is 62.7 Å². The van der Waals surface area contributed by atoms with E-state index in [1.807, 2.05) is 18.5 Å². The number of hydrogen-bond acceptors (Lipinski definition) is 7. The van der Waals surface area contributed by atoms with Crippen molar-refractivity contribution in [3.05, 3.63) is 44.0 Å². The second kappa shape index (κ2) is 7.68. The zero-order valence-electron chi connectivity index (χ0n) is 18.2. The van der Waals surface area contributed by atoms with Crippen molar-refractivity contribution in [2.24, 2.45) is 0 Å². The van der Waals surface area contributed by atoms with Crippen LogP contribution >= 0.6 is 0 Å². The minimum Gasteiger partial charge on any atom is -0.347 e. The third-order valence-corrected chi connectivity index (χ3v) is 6.39. The standard InChI is InChI=1S/C21H29N5O5/c1-12-10-25(20(28)22-18(12)27)19-17-16(30-21(2,3)31-17)15(29-19)11-26-14-9-7-5-4-6-8-13(14)23-24-26/h10,15-17,19H,4-9,11H2,1-3H3,(H,22,27,28)/t15-,16-,17-,19-/m1/s1. The molecule has 10 nitrogen and oxygen atoms in total. The number of hydrogen-bond donors (Lipinski definition) is 1. The molecule has 168 valence electrons. The molecule has 2 fully saturated rings. The highest BCUT2D eigenvalue weighted by atomic mass is 16.8. The molecule has 0 saturated carbocycles. The van der Waals surface area contributed by atoms with Crippen LogP contribution in [0.4, 0.5) is 0 Å². The summed E-state index contributed by atoms with van der Waals surface area (Å²) in [5, 5.41) is 8.83. The van der Waals surface area contributed by atoms with Crippen molar-refractivity contribution in [2.75, 3.05) is 0 Å². The lowest BCUT2D eigenvalue weighted by atomic mass is 10.0. The van der Waals surface area contributed by atoms with E-state index in [9.17, 15) is 9.59 Å². The van der Waals surface area contributed by atoms with Gasteiger partial charge in [-0.3, -0.25) is 14.3 Å². The average Bonchev–Trinajstić information content (AvgIpc) is 3.30. The van der Waals surface area contributed by atoms with Gasteiger partial charge < -0.3 is 14.2 Å². The average molecular weight is 431 g/mol. The van der Waals surface area contributed by atoms with Crippen molar-refractivity contribution in [1.29, 1.82) is 0 Å². The summed E-state index contributed by atoms with van der Waals surface area (Å²) in [6.45, 7) is 5.83. The molecule has 4 atom stereocenters. The molecule has 0 aromatic carbocycles. The first kappa shape index (κ1) is 20.6. The highest BCUT2D eigenvalue weighted by molar-refractivity contribution is 5.12. The Hall–Kier alpha value is -2.30. The summed E-state index contributed by atoms with van der Waals surface area (Å²) in [6, 6.07) is 0. The maximum absolute atomic E-state index is 12.5. The maximum Gasteiger partial charge on any atom is 0.330 e. The largest absolute Gasteiger partial charge is 0.347 e. The molecule has 0 unspecified atom stereocenters. The third-order valence-electron chi connectivity index (χ3n) is 6.39. The van der Waals surface area contributed by atoms with Gasteiger partial charge in [-0.05, 0) is 46.5 Å². The first-order valence-corrected chi connectivity index (χ1v) is 11.1. The summed E-state index contributed by atoms with van der Waals surface area (Å²) in [4.78, 5) is 26.7. The van der Waals surface area contributed by atoms with Crippen LogP contribution in [0.15, 0.2) is 15.8 Å². The van der Waals surface area contributed by atoms with Crippen molar-refractivity contribution < 1.29 is 14.2 Å². The van der Waals surface area contributed by atoms with E-state index < -0.39 is 29.4 Å². The molecule has 0 spiro atoms. The van der Waals surface area contributed by atoms with Crippen LogP contribution in [0.5, 0.6) is 0 Å². The van der Waals surface area contributed by atoms with Gasteiger partial charge in [0, 0.05) is 11.8 Å². The molecule has 1 aliphatic carbocycles. The second-order valence-corrected chi connectivity index (χ2v) is 9.19. The summed E-state index contributed by atoms with van der Waals surface area (Å²) >= 11 is 0. The molecule has 0 amide bonds. The molecule has 2 aromatic rings. The molecule has 2 aliphatic heterocycles. The molecule has 2 aromatic heterocycles. The Bertz CT molecular complexity index is 1090. The number of rotatable bonds is 3. The molecule has 10 heteroatoms. The number of nitrogens with one attached hydrogen (secondary N) is 1. The Kier molecular flexibility index (Phi) is 5.10. The Morgan fingerprint density at radius 2 is 1.87 bits per heavy atom. The molecule has 3 aliphatic rings. The highest BCUT2D eigenvalue weighted by Crippen LogP contribution is 2.43. The van der Waals surface area contributed by atoms with E-state index in [0.717, 1.165) is 31.4 Å². The number of ether oxygens (including phenoxy) is 3. The van der Waals surface area contributed by atoms with E-state index in [1.165, 1.54) is 29.3 Å². The smallest absolute Gasteiger partial charge is 0.330 e. The van der Waals surface area contributed by atoms with Gasteiger partial charge in [0.15, 0.2) is 12.0 Å². The topological polar surface area (TPSA) is 113 Å². The predicted molar refractivity (Wildman–Crippen MR) is 110 cm³/mol. The normalized spacial score (nSPS) is 29.9. The monoisotopic (exact) mass is 431 g/mol. The number of H-pyrrole nitrogens is 1. The van der Waals surface area contributed by atoms with Gasteiger partial charge in [-0.25, -0.2) is 9.48 Å². The van der Waals surface area contributed by atoms with E-state index in [2.05, 4.69) is 15.3 Å². The Morgan fingerprint density at radius 3 is 2.68 bits per heavy atom. The van der Waals surface area contributed by atoms with Crippen LogP contribution < -0.4 is 11.2 Å². The van der Waals surface area contributed by atoms with Crippen molar-refractivity contribution in [3.8, 4) is 0 Å². The van der Waals surface area contributed by atoms with Gasteiger partial charge in [0.2, 0.25) is 0 Å². The molecule has 31 heavy (non-hydrogen) atoms. The van der Waals surface area contributed by atoms with Crippen LogP contribution in [-0.2, 0) is 33.6 Å². The molecule has 2 saturated heterocycles. The predicted octanol–water partition coefficient (Wildman–Crippen LogP) is 1.21. The number of aryl methyl sites for hydroxylation is 2. The first-order chi connectivity index (χ1) is 14.8. The van der Waals surface area contributed by atoms with Gasteiger partial charge in [-0.1, -0.05) is 18.1 Å². The van der Waals surface area contributed by atoms with Gasteiger partial charge in [0.25, 0.3) is 5.56 Å². The summed E-state index contributed by atoms with van der Waals surface area (Å²) < 4.78 is 21.9. The summed E-state index contributed by atoms with van der Waals surface area (Å²) in [5.74, 6) is -0.798. The van der Waals surface area contributed by atoms with Crippen LogP contribution in [0, 0.1) is 6.92 Å². The molecule has 0 radical (unpaired) electrons. The van der Waals surface area contributed by atoms with Crippen molar-refractivity contribution in [2.45, 2.75) is 96.2 Å².